The van der Waals surface area contributed by atoms with E-state index < -0.39 is 5.97 Å². The van der Waals surface area contributed by atoms with Crippen molar-refractivity contribution in [3.05, 3.63) is 59.9 Å². The normalized spacial score (nSPS) is 11.8. The number of benzene rings is 1. The Bertz CT molecular complexity index is 552. The van der Waals surface area contributed by atoms with Gasteiger partial charge in [0.05, 0.1) is 0 Å². The third kappa shape index (κ3) is 4.09. The standard InChI is InChI=1S/C16H17NO3/c1-12(14-3-2-10-17-11-14)20-15-7-4-13(5-8-15)6-9-16(18)19/h2-5,7-8,10-12H,6,9H2,1H3,(H,18,19). The number of carbonyl (C=O) groups is 1. The number of nitrogens with zero attached hydrogens (tertiary/aromatic N) is 1. The third-order valence-electron chi connectivity index (χ3n) is 3.02. The lowest BCUT2D eigenvalue weighted by atomic mass is 10.1. The van der Waals surface area contributed by atoms with Crippen molar-refractivity contribution in [2.24, 2.45) is 0 Å². The summed E-state index contributed by atoms with van der Waals surface area (Å²) in [6.07, 6.45) is 4.12. The molecule has 0 saturated heterocycles. The number of ether oxygens (including phenoxy) is 1. The number of aryl methyl sites for hydroxylation is 1. The molecule has 20 heavy (non-hydrogen) atoms. The van der Waals surface area contributed by atoms with Crippen LogP contribution < -0.4 is 4.74 Å². The van der Waals surface area contributed by atoms with Crippen LogP contribution in [0.2, 0.25) is 0 Å². The van der Waals surface area contributed by atoms with E-state index in [0.29, 0.717) is 6.42 Å². The average molecular weight is 271 g/mol. The molecule has 4 nitrogen and oxygen atoms in total. The SMILES string of the molecule is CC(Oc1ccc(CCC(=O)O)cc1)c1cccnc1. The van der Waals surface area contributed by atoms with Crippen LogP contribution in [0.3, 0.4) is 0 Å². The summed E-state index contributed by atoms with van der Waals surface area (Å²) in [6.45, 7) is 1.97. The van der Waals surface area contributed by atoms with Crippen LogP contribution in [0.4, 0.5) is 0 Å². The number of aromatic nitrogens is 1. The van der Waals surface area contributed by atoms with Crippen molar-refractivity contribution in [1.82, 2.24) is 4.98 Å². The second-order valence-corrected chi connectivity index (χ2v) is 4.58. The van der Waals surface area contributed by atoms with Crippen LogP contribution in [0.15, 0.2) is 48.8 Å². The van der Waals surface area contributed by atoms with Crippen molar-refractivity contribution in [3.8, 4) is 5.75 Å². The van der Waals surface area contributed by atoms with Crippen LogP contribution >= 0.6 is 0 Å². The van der Waals surface area contributed by atoms with Crippen LogP contribution in [-0.2, 0) is 11.2 Å². The molecular formula is C16H17NO3. The predicted octanol–water partition coefficient (Wildman–Crippen LogP) is 3.24. The molecule has 1 heterocycles. The average Bonchev–Trinajstić information content (AvgIpc) is 2.47. The number of pyridine rings is 1. The largest absolute Gasteiger partial charge is 0.486 e. The van der Waals surface area contributed by atoms with E-state index in [1.807, 2.05) is 43.3 Å². The minimum atomic E-state index is -0.782. The van der Waals surface area contributed by atoms with Crippen LogP contribution in [-0.4, -0.2) is 16.1 Å². The predicted molar refractivity (Wildman–Crippen MR) is 75.7 cm³/mol. The Balaban J connectivity index is 1.95. The maximum absolute atomic E-state index is 10.5. The van der Waals surface area contributed by atoms with Gasteiger partial charge in [0.15, 0.2) is 0 Å². The number of hydrogen-bond donors (Lipinski definition) is 1. The second kappa shape index (κ2) is 6.70. The van der Waals surface area contributed by atoms with Gasteiger partial charge < -0.3 is 9.84 Å². The highest BCUT2D eigenvalue weighted by molar-refractivity contribution is 5.67. The van der Waals surface area contributed by atoms with E-state index >= 15 is 0 Å². The number of carboxylic acids is 1. The van der Waals surface area contributed by atoms with E-state index in [1.165, 1.54) is 0 Å². The van der Waals surface area contributed by atoms with Crippen molar-refractivity contribution in [2.75, 3.05) is 0 Å². The molecule has 0 bridgehead atoms. The fourth-order valence-corrected chi connectivity index (χ4v) is 1.87. The lowest BCUT2D eigenvalue weighted by Crippen LogP contribution is -2.03. The summed E-state index contributed by atoms with van der Waals surface area (Å²) in [7, 11) is 0. The Hall–Kier alpha value is -2.36. The second-order valence-electron chi connectivity index (χ2n) is 4.58. The molecule has 4 heteroatoms. The Morgan fingerprint density at radius 1 is 1.30 bits per heavy atom. The van der Waals surface area contributed by atoms with E-state index in [-0.39, 0.29) is 12.5 Å². The van der Waals surface area contributed by atoms with E-state index in [1.54, 1.807) is 12.4 Å². The molecule has 0 spiro atoms. The Labute approximate surface area is 118 Å². The van der Waals surface area contributed by atoms with E-state index in [9.17, 15) is 4.79 Å². The van der Waals surface area contributed by atoms with E-state index in [4.69, 9.17) is 9.84 Å². The number of aliphatic carboxylic acids is 1. The molecule has 104 valence electrons. The van der Waals surface area contributed by atoms with Gasteiger partial charge in [0, 0.05) is 24.4 Å². The van der Waals surface area contributed by atoms with Crippen molar-refractivity contribution in [1.29, 1.82) is 0 Å². The van der Waals surface area contributed by atoms with Crippen LogP contribution in [0, 0.1) is 0 Å². The van der Waals surface area contributed by atoms with Crippen molar-refractivity contribution in [2.45, 2.75) is 25.9 Å². The van der Waals surface area contributed by atoms with Gasteiger partial charge in [0.1, 0.15) is 11.9 Å². The monoisotopic (exact) mass is 271 g/mol. The molecule has 1 aromatic heterocycles. The van der Waals surface area contributed by atoms with Crippen molar-refractivity contribution in [3.63, 3.8) is 0 Å². The highest BCUT2D eigenvalue weighted by atomic mass is 16.5. The molecule has 0 fully saturated rings. The lowest BCUT2D eigenvalue weighted by Gasteiger charge is -2.14. The number of rotatable bonds is 6. The minimum absolute atomic E-state index is 0.0754. The summed E-state index contributed by atoms with van der Waals surface area (Å²) in [5.74, 6) is -0.0176. The topological polar surface area (TPSA) is 59.4 Å². The fraction of sp³-hybridized carbons (Fsp3) is 0.250. The fourth-order valence-electron chi connectivity index (χ4n) is 1.87. The first kappa shape index (κ1) is 14.1. The summed E-state index contributed by atoms with van der Waals surface area (Å²) in [5.41, 5.74) is 2.01. The minimum Gasteiger partial charge on any atom is -0.486 e. The van der Waals surface area contributed by atoms with Crippen molar-refractivity contribution < 1.29 is 14.6 Å². The Morgan fingerprint density at radius 3 is 2.65 bits per heavy atom. The summed E-state index contributed by atoms with van der Waals surface area (Å²) in [4.78, 5) is 14.6. The van der Waals surface area contributed by atoms with Crippen LogP contribution in [0.25, 0.3) is 0 Å². The van der Waals surface area contributed by atoms with Gasteiger partial charge in [-0.05, 0) is 37.1 Å². The molecule has 0 aliphatic carbocycles. The molecule has 2 aromatic rings. The third-order valence-corrected chi connectivity index (χ3v) is 3.02. The smallest absolute Gasteiger partial charge is 0.303 e. The van der Waals surface area contributed by atoms with Gasteiger partial charge in [-0.1, -0.05) is 18.2 Å². The van der Waals surface area contributed by atoms with Gasteiger partial charge in [-0.2, -0.15) is 0 Å². The molecule has 1 atom stereocenters. The first-order valence-electron chi connectivity index (χ1n) is 6.52. The maximum atomic E-state index is 10.5. The molecule has 2 rings (SSSR count). The van der Waals surface area contributed by atoms with E-state index in [2.05, 4.69) is 4.98 Å². The molecule has 0 saturated carbocycles. The van der Waals surface area contributed by atoms with Crippen LogP contribution in [0.5, 0.6) is 5.75 Å². The van der Waals surface area contributed by atoms with Gasteiger partial charge >= 0.3 is 5.97 Å². The first-order chi connectivity index (χ1) is 9.65. The van der Waals surface area contributed by atoms with Gasteiger partial charge in [-0.25, -0.2) is 0 Å². The van der Waals surface area contributed by atoms with Crippen molar-refractivity contribution >= 4 is 5.97 Å². The van der Waals surface area contributed by atoms with E-state index in [0.717, 1.165) is 16.9 Å². The number of carboxylic acid groups (broad SMARTS) is 1. The molecule has 1 N–H and O–H groups in total. The first-order valence-corrected chi connectivity index (χ1v) is 6.52. The molecule has 0 amide bonds. The Morgan fingerprint density at radius 2 is 2.05 bits per heavy atom. The molecule has 0 aliphatic heterocycles. The maximum Gasteiger partial charge on any atom is 0.303 e. The van der Waals surface area contributed by atoms with Gasteiger partial charge in [-0.3, -0.25) is 9.78 Å². The quantitative estimate of drug-likeness (QED) is 0.876. The highest BCUT2D eigenvalue weighted by Gasteiger charge is 2.07. The summed E-state index contributed by atoms with van der Waals surface area (Å²) < 4.78 is 5.82. The summed E-state index contributed by atoms with van der Waals surface area (Å²) >= 11 is 0. The van der Waals surface area contributed by atoms with Crippen LogP contribution in [0.1, 0.15) is 30.6 Å². The molecule has 0 radical (unpaired) electrons. The summed E-state index contributed by atoms with van der Waals surface area (Å²) in [5, 5.41) is 8.64. The molecular weight excluding hydrogens is 254 g/mol. The molecule has 1 aromatic carbocycles. The zero-order valence-corrected chi connectivity index (χ0v) is 11.3. The Kier molecular flexibility index (Phi) is 4.71. The summed E-state index contributed by atoms with van der Waals surface area (Å²) in [6, 6.07) is 11.4. The number of hydrogen-bond acceptors (Lipinski definition) is 3. The van der Waals surface area contributed by atoms with Gasteiger partial charge in [0.2, 0.25) is 0 Å². The molecule has 1 unspecified atom stereocenters. The molecule has 0 aliphatic rings. The van der Waals surface area contributed by atoms with Gasteiger partial charge in [0.25, 0.3) is 0 Å². The lowest BCUT2D eigenvalue weighted by molar-refractivity contribution is -0.136. The zero-order chi connectivity index (χ0) is 14.4. The zero-order valence-electron chi connectivity index (χ0n) is 11.3. The van der Waals surface area contributed by atoms with Gasteiger partial charge in [-0.15, -0.1) is 0 Å². The highest BCUT2D eigenvalue weighted by Crippen LogP contribution is 2.21.